The third kappa shape index (κ3) is 2.84. The molecule has 4 heterocycles. The minimum Gasteiger partial charge on any atom is -0.548 e. The van der Waals surface area contributed by atoms with Gasteiger partial charge in [-0.25, -0.2) is 17.7 Å². The molecule has 0 aromatic carbocycles. The predicted molar refractivity (Wildman–Crippen MR) is 97.1 cm³/mol. The summed E-state index contributed by atoms with van der Waals surface area (Å²) >= 11 is 0. The minimum atomic E-state index is -3.94. The van der Waals surface area contributed by atoms with Crippen LogP contribution in [0.1, 0.15) is 19.5 Å². The summed E-state index contributed by atoms with van der Waals surface area (Å²) in [5.41, 5.74) is 0.322. The molecule has 2 fully saturated rings. The largest absolute Gasteiger partial charge is 0.548 e. The van der Waals surface area contributed by atoms with Crippen molar-refractivity contribution in [2.24, 2.45) is 0 Å². The molecule has 0 unspecified atom stereocenters. The summed E-state index contributed by atoms with van der Waals surface area (Å²) in [6.07, 6.45) is 6.80. The van der Waals surface area contributed by atoms with E-state index >= 15 is 0 Å². The topological polar surface area (TPSA) is 129 Å². The maximum Gasteiger partial charge on any atom is 0.254 e. The lowest BCUT2D eigenvalue weighted by molar-refractivity contribution is -0.698. The Morgan fingerprint density at radius 3 is 2.66 bits per heavy atom. The fourth-order valence-electron chi connectivity index (χ4n) is 3.77. The number of aryl methyl sites for hydroxylation is 2. The number of rotatable bonds is 5. The summed E-state index contributed by atoms with van der Waals surface area (Å²) in [5.74, 6) is -2.23. The van der Waals surface area contributed by atoms with Gasteiger partial charge in [-0.05, 0) is 19.9 Å². The SMILES string of the molecule is CC1(C)[C@H](C(=O)[O-])N2C(=O)/C(=C\c3cn(CC[n+]4ccccc4)nn3)[C@H]2S1(=O)=O. The van der Waals surface area contributed by atoms with Crippen LogP contribution in [0.2, 0.25) is 0 Å². The number of amides is 1. The first-order chi connectivity index (χ1) is 13.6. The monoisotopic (exact) mass is 417 g/mol. The molecule has 0 N–H and O–H groups in total. The molecule has 0 saturated carbocycles. The highest BCUT2D eigenvalue weighted by atomic mass is 32.2. The number of sulfone groups is 1. The highest BCUT2D eigenvalue weighted by molar-refractivity contribution is 7.94. The van der Waals surface area contributed by atoms with E-state index in [0.29, 0.717) is 18.8 Å². The zero-order chi connectivity index (χ0) is 21.0. The lowest BCUT2D eigenvalue weighted by atomic mass is 9.95. The van der Waals surface area contributed by atoms with Gasteiger partial charge in [0.25, 0.3) is 5.91 Å². The zero-order valence-corrected chi connectivity index (χ0v) is 16.6. The average molecular weight is 417 g/mol. The van der Waals surface area contributed by atoms with E-state index in [1.807, 2.05) is 35.2 Å². The molecule has 4 rings (SSSR count). The number of aliphatic carboxylic acids is 1. The summed E-state index contributed by atoms with van der Waals surface area (Å²) in [6.45, 7) is 3.78. The van der Waals surface area contributed by atoms with E-state index in [1.54, 1.807) is 10.9 Å². The van der Waals surface area contributed by atoms with Crippen LogP contribution in [-0.4, -0.2) is 56.4 Å². The molecule has 0 spiro atoms. The Labute approximate surface area is 167 Å². The van der Waals surface area contributed by atoms with Crippen molar-refractivity contribution in [2.45, 2.75) is 43.1 Å². The summed E-state index contributed by atoms with van der Waals surface area (Å²) in [7, 11) is -3.94. The van der Waals surface area contributed by atoms with Crippen LogP contribution >= 0.6 is 0 Å². The average Bonchev–Trinajstić information content (AvgIpc) is 3.17. The van der Waals surface area contributed by atoms with E-state index in [0.717, 1.165) is 4.90 Å². The van der Waals surface area contributed by atoms with E-state index in [1.165, 1.54) is 19.9 Å². The minimum absolute atomic E-state index is 0.00805. The summed E-state index contributed by atoms with van der Waals surface area (Å²) < 4.78 is 27.6. The molecule has 2 atom stereocenters. The molecule has 0 bridgehead atoms. The number of aromatic nitrogens is 4. The van der Waals surface area contributed by atoms with E-state index in [-0.39, 0.29) is 5.57 Å². The van der Waals surface area contributed by atoms with Gasteiger partial charge >= 0.3 is 0 Å². The lowest BCUT2D eigenvalue weighted by Gasteiger charge is -2.39. The van der Waals surface area contributed by atoms with Crippen molar-refractivity contribution < 1.29 is 27.7 Å². The number of fused-ring (bicyclic) bond motifs is 1. The number of hydrogen-bond donors (Lipinski definition) is 0. The maximum absolute atomic E-state index is 12.8. The van der Waals surface area contributed by atoms with Crippen LogP contribution in [0.5, 0.6) is 0 Å². The van der Waals surface area contributed by atoms with Gasteiger partial charge in [0.05, 0.1) is 28.5 Å². The summed E-state index contributed by atoms with van der Waals surface area (Å²) in [6, 6.07) is 4.21. The highest BCUT2D eigenvalue weighted by Gasteiger charge is 2.68. The smallest absolute Gasteiger partial charge is 0.254 e. The van der Waals surface area contributed by atoms with E-state index in [2.05, 4.69) is 10.3 Å². The second-order valence-electron chi connectivity index (χ2n) is 7.55. The highest BCUT2D eigenvalue weighted by Crippen LogP contribution is 2.48. The number of pyridine rings is 1. The normalized spacial score (nSPS) is 25.7. The molecule has 2 aliphatic heterocycles. The van der Waals surface area contributed by atoms with Crippen LogP contribution in [0.3, 0.4) is 0 Å². The second-order valence-corrected chi connectivity index (χ2v) is 10.1. The van der Waals surface area contributed by atoms with Crippen molar-refractivity contribution in [3.8, 4) is 0 Å². The number of nitrogens with zero attached hydrogens (tertiary/aromatic N) is 5. The first-order valence-electron chi connectivity index (χ1n) is 8.97. The van der Waals surface area contributed by atoms with Crippen LogP contribution in [0.15, 0.2) is 42.4 Å². The second kappa shape index (κ2) is 6.48. The van der Waals surface area contributed by atoms with Gasteiger partial charge in [0.15, 0.2) is 34.1 Å². The summed E-state index contributed by atoms with van der Waals surface area (Å²) in [5, 5.41) is 18.1. The molecule has 2 saturated heterocycles. The molecule has 10 nitrogen and oxygen atoms in total. The zero-order valence-electron chi connectivity index (χ0n) is 15.8. The molecule has 152 valence electrons. The van der Waals surface area contributed by atoms with Gasteiger partial charge in [-0.3, -0.25) is 4.79 Å². The molecule has 11 heteroatoms. The van der Waals surface area contributed by atoms with Crippen molar-refractivity contribution in [2.75, 3.05) is 0 Å². The van der Waals surface area contributed by atoms with Crippen molar-refractivity contribution >= 4 is 27.8 Å². The van der Waals surface area contributed by atoms with Gasteiger partial charge in [-0.15, -0.1) is 5.10 Å². The lowest BCUT2D eigenvalue weighted by Crippen LogP contribution is -2.61. The van der Waals surface area contributed by atoms with Crippen molar-refractivity contribution in [1.82, 2.24) is 19.9 Å². The molecule has 1 amide bonds. The van der Waals surface area contributed by atoms with Crippen LogP contribution in [0, 0.1) is 0 Å². The fraction of sp³-hybridized carbons (Fsp3) is 0.389. The molecule has 2 aromatic rings. The fourth-order valence-corrected chi connectivity index (χ4v) is 5.89. The Morgan fingerprint density at radius 1 is 1.31 bits per heavy atom. The number of carbonyl (C=O) groups is 2. The third-order valence-corrected chi connectivity index (χ3v) is 8.17. The van der Waals surface area contributed by atoms with Gasteiger partial charge in [0.2, 0.25) is 0 Å². The molecular formula is C18H19N5O5S. The molecule has 2 aromatic heterocycles. The first kappa shape index (κ1) is 19.2. The number of hydrogen-bond acceptors (Lipinski definition) is 7. The van der Waals surface area contributed by atoms with Gasteiger partial charge in [-0.1, -0.05) is 11.3 Å². The third-order valence-electron chi connectivity index (χ3n) is 5.41. The first-order valence-corrected chi connectivity index (χ1v) is 10.5. The van der Waals surface area contributed by atoms with Crippen LogP contribution in [0.4, 0.5) is 0 Å². The van der Waals surface area contributed by atoms with Crippen LogP contribution < -0.4 is 9.67 Å². The quantitative estimate of drug-likeness (QED) is 0.317. The van der Waals surface area contributed by atoms with Gasteiger partial charge in [-0.2, -0.15) is 0 Å². The molecule has 2 aliphatic rings. The van der Waals surface area contributed by atoms with Gasteiger partial charge in [0.1, 0.15) is 12.2 Å². The standard InChI is InChI=1S/C18H19N5O5S/c1-18(2)14(17(25)26)23-15(24)13(16(23)29(18,27)28)10-12-11-22(20-19-12)9-8-21-6-4-3-5-7-21/h3-7,10-11,14,16H,8-9H2,1-2H3/b13-10+/t14-,16+/m0/s1. The van der Waals surface area contributed by atoms with Gasteiger partial charge < -0.3 is 14.8 Å². The van der Waals surface area contributed by atoms with Crippen molar-refractivity contribution in [1.29, 1.82) is 0 Å². The van der Waals surface area contributed by atoms with Crippen LogP contribution in [-0.2, 0) is 32.5 Å². The van der Waals surface area contributed by atoms with Crippen molar-refractivity contribution in [3.05, 3.63) is 48.1 Å². The maximum atomic E-state index is 12.8. The Hall–Kier alpha value is -3.08. The number of β-lactam (4-membered cyclic amide) rings is 1. The molecule has 0 aliphatic carbocycles. The van der Waals surface area contributed by atoms with Gasteiger partial charge in [0, 0.05) is 12.1 Å². The number of carbonyl (C=O) groups excluding carboxylic acids is 2. The number of carboxylic acid groups (broad SMARTS) is 1. The number of carboxylic acids is 1. The molecular weight excluding hydrogens is 398 g/mol. The van der Waals surface area contributed by atoms with E-state index in [4.69, 9.17) is 0 Å². The Bertz CT molecular complexity index is 1120. The van der Waals surface area contributed by atoms with Crippen LogP contribution in [0.25, 0.3) is 6.08 Å². The Balaban J connectivity index is 1.57. The Morgan fingerprint density at radius 2 is 2.00 bits per heavy atom. The van der Waals surface area contributed by atoms with Crippen molar-refractivity contribution in [3.63, 3.8) is 0 Å². The van der Waals surface area contributed by atoms with E-state index < -0.39 is 37.9 Å². The Kier molecular flexibility index (Phi) is 4.30. The molecule has 29 heavy (non-hydrogen) atoms. The van der Waals surface area contributed by atoms with E-state index in [9.17, 15) is 23.1 Å². The molecule has 0 radical (unpaired) electrons. The predicted octanol–water partition coefficient (Wildman–Crippen LogP) is -1.86. The summed E-state index contributed by atoms with van der Waals surface area (Å²) in [4.78, 5) is 24.8.